The van der Waals surface area contributed by atoms with Crippen LogP contribution in [0.25, 0.3) is 0 Å². The molecule has 0 aliphatic carbocycles. The Labute approximate surface area is 121 Å². The van der Waals surface area contributed by atoms with Gasteiger partial charge in [-0.3, -0.25) is 0 Å². The molecule has 0 heterocycles. The first-order chi connectivity index (χ1) is 8.58. The second-order valence-corrected chi connectivity index (χ2v) is 5.79. The highest BCUT2D eigenvalue weighted by Crippen LogP contribution is 2.19. The summed E-state index contributed by atoms with van der Waals surface area (Å²) in [7, 11) is 0. The molecule has 0 fully saturated rings. The molecule has 1 aromatic rings. The van der Waals surface area contributed by atoms with Crippen LogP contribution in [0.3, 0.4) is 0 Å². The standard InChI is InChI=1S/C15H23Cl2N/c1-4-12(5-2)15(17)10-18-9-13-7-6-11(3)8-14(13)16/h6-8,12,15,18H,4-5,9-10H2,1-3H3. The summed E-state index contributed by atoms with van der Waals surface area (Å²) < 4.78 is 0. The van der Waals surface area contributed by atoms with E-state index in [0.29, 0.717) is 5.92 Å². The largest absolute Gasteiger partial charge is 0.311 e. The van der Waals surface area contributed by atoms with Crippen molar-refractivity contribution < 1.29 is 0 Å². The lowest BCUT2D eigenvalue weighted by Gasteiger charge is -2.19. The van der Waals surface area contributed by atoms with E-state index < -0.39 is 0 Å². The van der Waals surface area contributed by atoms with Crippen molar-refractivity contribution in [2.45, 2.75) is 45.5 Å². The number of halogens is 2. The smallest absolute Gasteiger partial charge is 0.0488 e. The topological polar surface area (TPSA) is 12.0 Å². The Morgan fingerprint density at radius 3 is 2.44 bits per heavy atom. The maximum absolute atomic E-state index is 6.38. The second kappa shape index (κ2) is 8.04. The molecule has 102 valence electrons. The zero-order valence-electron chi connectivity index (χ0n) is 11.5. The van der Waals surface area contributed by atoms with E-state index in [-0.39, 0.29) is 5.38 Å². The lowest BCUT2D eigenvalue weighted by molar-refractivity contribution is 0.446. The summed E-state index contributed by atoms with van der Waals surface area (Å²) in [6, 6.07) is 6.16. The molecule has 1 unspecified atom stereocenters. The van der Waals surface area contributed by atoms with Crippen LogP contribution in [0, 0.1) is 12.8 Å². The van der Waals surface area contributed by atoms with Gasteiger partial charge in [-0.15, -0.1) is 11.6 Å². The Kier molecular flexibility index (Phi) is 7.06. The van der Waals surface area contributed by atoms with Crippen molar-refractivity contribution in [1.29, 1.82) is 0 Å². The average molecular weight is 288 g/mol. The number of benzene rings is 1. The number of rotatable bonds is 7. The molecule has 0 spiro atoms. The van der Waals surface area contributed by atoms with Crippen LogP contribution in [0.15, 0.2) is 18.2 Å². The Hall–Kier alpha value is -0.240. The van der Waals surface area contributed by atoms with Crippen LogP contribution < -0.4 is 5.32 Å². The van der Waals surface area contributed by atoms with Crippen molar-refractivity contribution in [1.82, 2.24) is 5.32 Å². The van der Waals surface area contributed by atoms with Gasteiger partial charge in [-0.25, -0.2) is 0 Å². The molecule has 0 bridgehead atoms. The summed E-state index contributed by atoms with van der Waals surface area (Å²) in [6.07, 6.45) is 2.27. The maximum Gasteiger partial charge on any atom is 0.0488 e. The van der Waals surface area contributed by atoms with E-state index >= 15 is 0 Å². The van der Waals surface area contributed by atoms with Gasteiger partial charge in [0.05, 0.1) is 0 Å². The van der Waals surface area contributed by atoms with Crippen molar-refractivity contribution in [2.24, 2.45) is 5.92 Å². The zero-order chi connectivity index (χ0) is 13.5. The van der Waals surface area contributed by atoms with Crippen LogP contribution in [0.5, 0.6) is 0 Å². The first kappa shape index (κ1) is 15.8. The van der Waals surface area contributed by atoms with Crippen molar-refractivity contribution in [2.75, 3.05) is 6.54 Å². The number of hydrogen-bond acceptors (Lipinski definition) is 1. The molecule has 0 saturated heterocycles. The van der Waals surface area contributed by atoms with Crippen LogP contribution >= 0.6 is 23.2 Å². The fraction of sp³-hybridized carbons (Fsp3) is 0.600. The highest BCUT2D eigenvalue weighted by atomic mass is 35.5. The van der Waals surface area contributed by atoms with Gasteiger partial charge >= 0.3 is 0 Å². The lowest BCUT2D eigenvalue weighted by atomic mass is 9.99. The van der Waals surface area contributed by atoms with E-state index in [9.17, 15) is 0 Å². The Balaban J connectivity index is 2.41. The minimum atomic E-state index is 0.198. The molecule has 18 heavy (non-hydrogen) atoms. The molecule has 1 N–H and O–H groups in total. The Bertz CT molecular complexity index is 362. The summed E-state index contributed by atoms with van der Waals surface area (Å²) in [5, 5.41) is 4.42. The molecule has 1 aromatic carbocycles. The van der Waals surface area contributed by atoms with E-state index in [1.165, 1.54) is 5.56 Å². The highest BCUT2D eigenvalue weighted by molar-refractivity contribution is 6.31. The SMILES string of the molecule is CCC(CC)C(Cl)CNCc1ccc(C)cc1Cl. The molecule has 0 aromatic heterocycles. The molecule has 1 nitrogen and oxygen atoms in total. The maximum atomic E-state index is 6.38. The fourth-order valence-corrected chi connectivity index (χ4v) is 2.87. The van der Waals surface area contributed by atoms with E-state index in [1.807, 2.05) is 13.0 Å². The number of nitrogens with one attached hydrogen (secondary N) is 1. The van der Waals surface area contributed by atoms with Crippen molar-refractivity contribution in [3.05, 3.63) is 34.3 Å². The predicted octanol–water partition coefficient (Wildman–Crippen LogP) is 4.78. The summed E-state index contributed by atoms with van der Waals surface area (Å²) in [4.78, 5) is 0. The molecular formula is C15H23Cl2N. The van der Waals surface area contributed by atoms with E-state index in [4.69, 9.17) is 23.2 Å². The molecule has 1 rings (SSSR count). The first-order valence-electron chi connectivity index (χ1n) is 6.68. The van der Waals surface area contributed by atoms with Crippen molar-refractivity contribution in [3.63, 3.8) is 0 Å². The van der Waals surface area contributed by atoms with Gasteiger partial charge in [0.1, 0.15) is 0 Å². The third kappa shape index (κ3) is 4.79. The second-order valence-electron chi connectivity index (χ2n) is 4.82. The normalized spacial score (nSPS) is 13.0. The minimum Gasteiger partial charge on any atom is -0.311 e. The van der Waals surface area contributed by atoms with Gasteiger partial charge in [-0.2, -0.15) is 0 Å². The van der Waals surface area contributed by atoms with E-state index in [2.05, 4.69) is 31.3 Å². The Morgan fingerprint density at radius 1 is 1.22 bits per heavy atom. The molecule has 0 radical (unpaired) electrons. The third-order valence-corrected chi connectivity index (χ3v) is 4.29. The van der Waals surface area contributed by atoms with Crippen LogP contribution in [0.4, 0.5) is 0 Å². The highest BCUT2D eigenvalue weighted by Gasteiger charge is 2.15. The molecule has 0 amide bonds. The van der Waals surface area contributed by atoms with Crippen LogP contribution in [-0.4, -0.2) is 11.9 Å². The van der Waals surface area contributed by atoms with Crippen molar-refractivity contribution in [3.8, 4) is 0 Å². The summed E-state index contributed by atoms with van der Waals surface area (Å²) in [5.74, 6) is 0.590. The van der Waals surface area contributed by atoms with Gasteiger partial charge in [0.15, 0.2) is 0 Å². The fourth-order valence-electron chi connectivity index (χ4n) is 2.11. The number of aryl methyl sites for hydroxylation is 1. The third-order valence-electron chi connectivity index (χ3n) is 3.42. The van der Waals surface area contributed by atoms with Gasteiger partial charge in [0.25, 0.3) is 0 Å². The van der Waals surface area contributed by atoms with Gasteiger partial charge in [-0.05, 0) is 30.0 Å². The van der Waals surface area contributed by atoms with Gasteiger partial charge < -0.3 is 5.32 Å². The molecule has 3 heteroatoms. The summed E-state index contributed by atoms with van der Waals surface area (Å²) in [6.45, 7) is 8.05. The number of alkyl halides is 1. The first-order valence-corrected chi connectivity index (χ1v) is 7.49. The zero-order valence-corrected chi connectivity index (χ0v) is 13.0. The van der Waals surface area contributed by atoms with Crippen molar-refractivity contribution >= 4 is 23.2 Å². The summed E-state index contributed by atoms with van der Waals surface area (Å²) >= 11 is 12.6. The quantitative estimate of drug-likeness (QED) is 0.712. The predicted molar refractivity (Wildman–Crippen MR) is 81.6 cm³/mol. The molecule has 0 aliphatic rings. The molecule has 0 saturated carbocycles. The molecule has 0 aliphatic heterocycles. The Morgan fingerprint density at radius 2 is 1.89 bits per heavy atom. The van der Waals surface area contributed by atoms with Gasteiger partial charge in [-0.1, -0.05) is 50.4 Å². The lowest BCUT2D eigenvalue weighted by Crippen LogP contribution is -2.28. The molecule has 1 atom stereocenters. The molecular weight excluding hydrogens is 265 g/mol. The van der Waals surface area contributed by atoms with E-state index in [0.717, 1.165) is 36.5 Å². The van der Waals surface area contributed by atoms with Crippen LogP contribution in [0.1, 0.15) is 37.8 Å². The van der Waals surface area contributed by atoms with Crippen LogP contribution in [0.2, 0.25) is 5.02 Å². The number of hydrogen-bond donors (Lipinski definition) is 1. The summed E-state index contributed by atoms with van der Waals surface area (Å²) in [5.41, 5.74) is 2.33. The average Bonchev–Trinajstić information content (AvgIpc) is 2.33. The van der Waals surface area contributed by atoms with E-state index in [1.54, 1.807) is 0 Å². The van der Waals surface area contributed by atoms with Crippen LogP contribution in [-0.2, 0) is 6.54 Å². The monoisotopic (exact) mass is 287 g/mol. The van der Waals surface area contributed by atoms with Gasteiger partial charge in [0.2, 0.25) is 0 Å². The van der Waals surface area contributed by atoms with Gasteiger partial charge in [0, 0.05) is 23.5 Å². The minimum absolute atomic E-state index is 0.198.